The fraction of sp³-hybridized carbons (Fsp3) is 0.800. The van der Waals surface area contributed by atoms with E-state index in [4.69, 9.17) is 4.74 Å². The molecule has 1 fully saturated rings. The molecule has 1 aliphatic rings. The second kappa shape index (κ2) is 6.40. The number of nitrogens with one attached hydrogen (secondary N) is 2. The van der Waals surface area contributed by atoms with Gasteiger partial charge in [0, 0.05) is 6.42 Å². The lowest BCUT2D eigenvalue weighted by Gasteiger charge is -2.08. The Morgan fingerprint density at radius 2 is 2.33 bits per heavy atom. The van der Waals surface area contributed by atoms with Crippen molar-refractivity contribution in [3.63, 3.8) is 0 Å². The molecule has 1 atom stereocenters. The number of esters is 1. The largest absolute Gasteiger partial charge is 0.465 e. The van der Waals surface area contributed by atoms with Gasteiger partial charge in [-0.25, -0.2) is 0 Å². The summed E-state index contributed by atoms with van der Waals surface area (Å²) >= 11 is 0. The van der Waals surface area contributed by atoms with E-state index in [1.54, 1.807) is 6.92 Å². The summed E-state index contributed by atoms with van der Waals surface area (Å²) in [5.41, 5.74) is 0. The van der Waals surface area contributed by atoms with Crippen LogP contribution in [0.5, 0.6) is 0 Å². The van der Waals surface area contributed by atoms with Crippen LogP contribution < -0.4 is 10.6 Å². The summed E-state index contributed by atoms with van der Waals surface area (Å²) in [6.07, 6.45) is 1.53. The summed E-state index contributed by atoms with van der Waals surface area (Å²) in [6.45, 7) is 3.95. The third-order valence-electron chi connectivity index (χ3n) is 2.37. The summed E-state index contributed by atoms with van der Waals surface area (Å²) in [7, 11) is 0. The first-order valence-corrected chi connectivity index (χ1v) is 5.35. The third kappa shape index (κ3) is 4.78. The molecule has 1 amide bonds. The van der Waals surface area contributed by atoms with E-state index in [-0.39, 0.29) is 18.4 Å². The minimum Gasteiger partial charge on any atom is -0.465 e. The molecule has 1 heterocycles. The van der Waals surface area contributed by atoms with E-state index < -0.39 is 0 Å². The molecule has 1 aliphatic heterocycles. The van der Waals surface area contributed by atoms with Gasteiger partial charge >= 0.3 is 5.97 Å². The van der Waals surface area contributed by atoms with Gasteiger partial charge in [0.15, 0.2) is 0 Å². The molecule has 1 unspecified atom stereocenters. The van der Waals surface area contributed by atoms with Crippen LogP contribution in [-0.4, -0.2) is 38.1 Å². The molecule has 0 bridgehead atoms. The molecule has 0 saturated carbocycles. The van der Waals surface area contributed by atoms with Crippen molar-refractivity contribution in [2.45, 2.75) is 19.8 Å². The number of rotatable bonds is 5. The molecule has 0 aliphatic carbocycles. The minimum absolute atomic E-state index is 0.0210. The zero-order valence-electron chi connectivity index (χ0n) is 9.04. The Bertz CT molecular complexity index is 225. The van der Waals surface area contributed by atoms with Crippen LogP contribution in [0, 0.1) is 5.92 Å². The van der Waals surface area contributed by atoms with Crippen LogP contribution >= 0.6 is 0 Å². The van der Waals surface area contributed by atoms with Crippen molar-refractivity contribution in [1.29, 1.82) is 0 Å². The van der Waals surface area contributed by atoms with Gasteiger partial charge < -0.3 is 15.4 Å². The van der Waals surface area contributed by atoms with Gasteiger partial charge in [-0.15, -0.1) is 0 Å². The Morgan fingerprint density at radius 3 is 2.93 bits per heavy atom. The van der Waals surface area contributed by atoms with Gasteiger partial charge in [0.05, 0.1) is 6.61 Å². The number of carbonyl (C=O) groups is 2. The number of hydrogen-bond acceptors (Lipinski definition) is 4. The van der Waals surface area contributed by atoms with E-state index in [1.165, 1.54) is 0 Å². The molecule has 86 valence electrons. The Labute approximate surface area is 89.6 Å². The summed E-state index contributed by atoms with van der Waals surface area (Å²) in [4.78, 5) is 22.3. The fourth-order valence-corrected chi connectivity index (χ4v) is 1.61. The fourth-order valence-electron chi connectivity index (χ4n) is 1.61. The normalized spacial score (nSPS) is 19.9. The maximum atomic E-state index is 11.4. The van der Waals surface area contributed by atoms with E-state index in [0.717, 1.165) is 19.5 Å². The molecule has 0 spiro atoms. The van der Waals surface area contributed by atoms with E-state index in [2.05, 4.69) is 10.6 Å². The maximum Gasteiger partial charge on any atom is 0.325 e. The zero-order valence-corrected chi connectivity index (χ0v) is 9.04. The van der Waals surface area contributed by atoms with Crippen molar-refractivity contribution >= 4 is 11.9 Å². The Kier molecular flexibility index (Phi) is 5.10. The molecule has 0 aromatic heterocycles. The van der Waals surface area contributed by atoms with Gasteiger partial charge in [-0.2, -0.15) is 0 Å². The number of ether oxygens (including phenoxy) is 1. The molecule has 0 aromatic rings. The highest BCUT2D eigenvalue weighted by Gasteiger charge is 2.18. The van der Waals surface area contributed by atoms with Crippen molar-refractivity contribution in [1.82, 2.24) is 10.6 Å². The van der Waals surface area contributed by atoms with Gasteiger partial charge in [-0.05, 0) is 32.4 Å². The third-order valence-corrected chi connectivity index (χ3v) is 2.37. The summed E-state index contributed by atoms with van der Waals surface area (Å²) in [5.74, 6) is -0.0423. The number of hydrogen-bond donors (Lipinski definition) is 2. The molecule has 0 aromatic carbocycles. The van der Waals surface area contributed by atoms with Gasteiger partial charge in [-0.3, -0.25) is 9.59 Å². The van der Waals surface area contributed by atoms with Gasteiger partial charge in [0.1, 0.15) is 6.54 Å². The molecule has 15 heavy (non-hydrogen) atoms. The Morgan fingerprint density at radius 1 is 1.53 bits per heavy atom. The van der Waals surface area contributed by atoms with Gasteiger partial charge in [0.2, 0.25) is 5.91 Å². The van der Waals surface area contributed by atoms with Crippen LogP contribution in [0.4, 0.5) is 0 Å². The molecule has 1 saturated heterocycles. The van der Waals surface area contributed by atoms with Gasteiger partial charge in [-0.1, -0.05) is 0 Å². The highest BCUT2D eigenvalue weighted by molar-refractivity contribution is 5.82. The zero-order chi connectivity index (χ0) is 11.1. The van der Waals surface area contributed by atoms with E-state index >= 15 is 0 Å². The van der Waals surface area contributed by atoms with Gasteiger partial charge in [0.25, 0.3) is 0 Å². The predicted octanol–water partition coefficient (Wildman–Crippen LogP) is -0.335. The molecular weight excluding hydrogens is 196 g/mol. The second-order valence-corrected chi connectivity index (χ2v) is 3.64. The van der Waals surface area contributed by atoms with E-state index in [0.29, 0.717) is 18.9 Å². The topological polar surface area (TPSA) is 67.4 Å². The first kappa shape index (κ1) is 12.0. The van der Waals surface area contributed by atoms with E-state index in [1.807, 2.05) is 0 Å². The standard InChI is InChI=1S/C10H18N2O3/c1-2-15-10(14)7-12-9(13)5-8-3-4-11-6-8/h8,11H,2-7H2,1H3,(H,12,13). The first-order chi connectivity index (χ1) is 7.22. The van der Waals surface area contributed by atoms with Crippen LogP contribution in [0.15, 0.2) is 0 Å². The Balaban J connectivity index is 2.10. The highest BCUT2D eigenvalue weighted by atomic mass is 16.5. The Hall–Kier alpha value is -1.10. The van der Waals surface area contributed by atoms with Crippen molar-refractivity contribution in [2.75, 3.05) is 26.2 Å². The van der Waals surface area contributed by atoms with Crippen molar-refractivity contribution < 1.29 is 14.3 Å². The number of carbonyl (C=O) groups excluding carboxylic acids is 2. The lowest BCUT2D eigenvalue weighted by molar-refractivity contribution is -0.143. The molecule has 1 rings (SSSR count). The van der Waals surface area contributed by atoms with E-state index in [9.17, 15) is 9.59 Å². The molecule has 5 heteroatoms. The maximum absolute atomic E-state index is 11.4. The first-order valence-electron chi connectivity index (χ1n) is 5.35. The average Bonchev–Trinajstić information content (AvgIpc) is 2.68. The lowest BCUT2D eigenvalue weighted by Crippen LogP contribution is -2.32. The monoisotopic (exact) mass is 214 g/mol. The average molecular weight is 214 g/mol. The SMILES string of the molecule is CCOC(=O)CNC(=O)CC1CCNC1. The second-order valence-electron chi connectivity index (χ2n) is 3.64. The number of amides is 1. The van der Waals surface area contributed by atoms with Crippen molar-refractivity contribution in [3.8, 4) is 0 Å². The van der Waals surface area contributed by atoms with Crippen LogP contribution in [0.1, 0.15) is 19.8 Å². The highest BCUT2D eigenvalue weighted by Crippen LogP contribution is 2.11. The van der Waals surface area contributed by atoms with Crippen LogP contribution in [-0.2, 0) is 14.3 Å². The van der Waals surface area contributed by atoms with Crippen LogP contribution in [0.25, 0.3) is 0 Å². The van der Waals surface area contributed by atoms with Crippen molar-refractivity contribution in [2.24, 2.45) is 5.92 Å². The molecular formula is C10H18N2O3. The van der Waals surface area contributed by atoms with Crippen LogP contribution in [0.3, 0.4) is 0 Å². The van der Waals surface area contributed by atoms with Crippen molar-refractivity contribution in [3.05, 3.63) is 0 Å². The summed E-state index contributed by atoms with van der Waals surface area (Å²) in [5, 5.41) is 5.74. The quantitative estimate of drug-likeness (QED) is 0.615. The smallest absolute Gasteiger partial charge is 0.325 e. The minimum atomic E-state index is -0.379. The lowest BCUT2D eigenvalue weighted by atomic mass is 10.0. The summed E-state index contributed by atoms with van der Waals surface area (Å²) < 4.78 is 4.70. The van der Waals surface area contributed by atoms with Crippen LogP contribution in [0.2, 0.25) is 0 Å². The molecule has 2 N–H and O–H groups in total. The molecule has 0 radical (unpaired) electrons. The predicted molar refractivity (Wildman–Crippen MR) is 55.2 cm³/mol. The molecule has 5 nitrogen and oxygen atoms in total. The summed E-state index contributed by atoms with van der Waals surface area (Å²) in [6, 6.07) is 0.